The fraction of sp³-hybridized carbons (Fsp3) is 0.500. The summed E-state index contributed by atoms with van der Waals surface area (Å²) < 4.78 is 4.97. The summed E-state index contributed by atoms with van der Waals surface area (Å²) in [6.45, 7) is -1.21. The molecule has 0 fully saturated rings. The third kappa shape index (κ3) is 6.18. The van der Waals surface area contributed by atoms with E-state index in [-0.39, 0.29) is 0 Å². The number of alkyl halides is 1. The number of aliphatic hydroxyl groups is 3. The van der Waals surface area contributed by atoms with Crippen LogP contribution in [0.4, 0.5) is 0 Å². The first kappa shape index (κ1) is 17.2. The van der Waals surface area contributed by atoms with Crippen molar-refractivity contribution in [2.75, 3.05) is 26.9 Å². The van der Waals surface area contributed by atoms with Crippen LogP contribution in [0.25, 0.3) is 0 Å². The van der Waals surface area contributed by atoms with E-state index in [0.29, 0.717) is 5.88 Å². The second-order valence-electron chi connectivity index (χ2n) is 3.82. The summed E-state index contributed by atoms with van der Waals surface area (Å²) in [6, 6.07) is 7.70. The van der Waals surface area contributed by atoms with Crippen LogP contribution in [0.5, 0.6) is 5.75 Å². The third-order valence-electron chi connectivity index (χ3n) is 2.26. The maximum absolute atomic E-state index is 8.34. The zero-order chi connectivity index (χ0) is 14.0. The molecule has 0 bridgehead atoms. The molecule has 0 radical (unpaired) electrons. The number of methoxy groups -OCH3 is 1. The van der Waals surface area contributed by atoms with Gasteiger partial charge in [0.05, 0.1) is 32.5 Å². The zero-order valence-corrected chi connectivity index (χ0v) is 11.1. The highest BCUT2D eigenvalue weighted by molar-refractivity contribution is 6.17. The van der Waals surface area contributed by atoms with E-state index in [1.54, 1.807) is 7.11 Å². The Morgan fingerprint density at radius 3 is 1.78 bits per heavy atom. The normalized spacial score (nSPS) is 10.6. The molecule has 6 heteroatoms. The van der Waals surface area contributed by atoms with Crippen molar-refractivity contribution < 1.29 is 20.1 Å². The lowest BCUT2D eigenvalue weighted by Gasteiger charge is -2.20. The first-order valence-corrected chi connectivity index (χ1v) is 5.89. The molecule has 0 spiro atoms. The molecular formula is C12H20ClNO4. The van der Waals surface area contributed by atoms with Crippen molar-refractivity contribution in [3.63, 3.8) is 0 Å². The van der Waals surface area contributed by atoms with Crippen LogP contribution >= 0.6 is 11.6 Å². The number of rotatable bonds is 5. The summed E-state index contributed by atoms with van der Waals surface area (Å²) >= 11 is 5.58. The van der Waals surface area contributed by atoms with E-state index in [1.165, 1.54) is 0 Å². The van der Waals surface area contributed by atoms with Crippen LogP contribution in [-0.4, -0.2) is 47.8 Å². The van der Waals surface area contributed by atoms with Crippen molar-refractivity contribution >= 4 is 11.6 Å². The van der Waals surface area contributed by atoms with Gasteiger partial charge in [0.25, 0.3) is 0 Å². The minimum Gasteiger partial charge on any atom is -0.497 e. The highest BCUT2D eigenvalue weighted by atomic mass is 35.5. The van der Waals surface area contributed by atoms with Gasteiger partial charge < -0.3 is 25.8 Å². The Hall–Kier alpha value is -0.850. The summed E-state index contributed by atoms with van der Waals surface area (Å²) in [4.78, 5) is 0. The standard InChI is InChI=1S/C8H9ClO.C4H11NO3/c1-10-8-4-2-7(6-9)3-5-8;5-4(1-6,2-7)3-8/h2-5H,6H2,1H3;6-8H,1-3,5H2. The van der Waals surface area contributed by atoms with Crippen molar-refractivity contribution in [3.05, 3.63) is 29.8 Å². The predicted molar refractivity (Wildman–Crippen MR) is 70.7 cm³/mol. The number of nitrogens with two attached hydrogens (primary N) is 1. The van der Waals surface area contributed by atoms with E-state index in [1.807, 2.05) is 24.3 Å². The van der Waals surface area contributed by atoms with Crippen LogP contribution in [-0.2, 0) is 5.88 Å². The fourth-order valence-electron chi connectivity index (χ4n) is 0.865. The molecule has 0 atom stereocenters. The average molecular weight is 278 g/mol. The van der Waals surface area contributed by atoms with Gasteiger partial charge in [0.15, 0.2) is 0 Å². The molecule has 1 rings (SSSR count). The molecule has 0 heterocycles. The lowest BCUT2D eigenvalue weighted by Crippen LogP contribution is -2.50. The van der Waals surface area contributed by atoms with Crippen LogP contribution < -0.4 is 10.5 Å². The highest BCUT2D eigenvalue weighted by Gasteiger charge is 2.20. The van der Waals surface area contributed by atoms with Gasteiger partial charge in [-0.2, -0.15) is 0 Å². The maximum atomic E-state index is 8.34. The van der Waals surface area contributed by atoms with Crippen molar-refractivity contribution in [2.45, 2.75) is 11.4 Å². The van der Waals surface area contributed by atoms with E-state index in [0.717, 1.165) is 11.3 Å². The molecule has 0 aromatic heterocycles. The summed E-state index contributed by atoms with van der Waals surface area (Å²) in [7, 11) is 1.65. The van der Waals surface area contributed by atoms with Crippen molar-refractivity contribution in [1.29, 1.82) is 0 Å². The molecule has 104 valence electrons. The summed E-state index contributed by atoms with van der Waals surface area (Å²) in [5, 5.41) is 25.0. The largest absolute Gasteiger partial charge is 0.497 e. The molecule has 0 saturated heterocycles. The molecule has 5 N–H and O–H groups in total. The highest BCUT2D eigenvalue weighted by Crippen LogP contribution is 2.12. The first-order chi connectivity index (χ1) is 8.55. The Morgan fingerprint density at radius 2 is 1.56 bits per heavy atom. The third-order valence-corrected chi connectivity index (χ3v) is 2.57. The van der Waals surface area contributed by atoms with E-state index in [9.17, 15) is 0 Å². The van der Waals surface area contributed by atoms with Gasteiger partial charge >= 0.3 is 0 Å². The summed E-state index contributed by atoms with van der Waals surface area (Å²) in [6.07, 6.45) is 0. The van der Waals surface area contributed by atoms with E-state index in [2.05, 4.69) is 0 Å². The Kier molecular flexibility index (Phi) is 8.70. The Bertz CT molecular complexity index is 283. The molecule has 18 heavy (non-hydrogen) atoms. The molecular weight excluding hydrogens is 258 g/mol. The Balaban J connectivity index is 0.000000331. The van der Waals surface area contributed by atoms with E-state index < -0.39 is 25.4 Å². The van der Waals surface area contributed by atoms with Crippen LogP contribution in [0.2, 0.25) is 0 Å². The van der Waals surface area contributed by atoms with Crippen molar-refractivity contribution in [3.8, 4) is 5.75 Å². The summed E-state index contributed by atoms with van der Waals surface area (Å²) in [5.74, 6) is 1.43. The minimum atomic E-state index is -1.21. The van der Waals surface area contributed by atoms with Crippen LogP contribution in [0, 0.1) is 0 Å². The molecule has 0 saturated carbocycles. The fourth-order valence-corrected chi connectivity index (χ4v) is 1.04. The number of hydrogen-bond donors (Lipinski definition) is 4. The van der Waals surface area contributed by atoms with Gasteiger partial charge in [-0.25, -0.2) is 0 Å². The molecule has 1 aromatic rings. The topological polar surface area (TPSA) is 95.9 Å². The molecule has 0 aliphatic heterocycles. The lowest BCUT2D eigenvalue weighted by atomic mass is 10.1. The Labute approximate surface area is 112 Å². The number of aliphatic hydroxyl groups excluding tert-OH is 3. The monoisotopic (exact) mass is 277 g/mol. The zero-order valence-electron chi connectivity index (χ0n) is 10.3. The van der Waals surface area contributed by atoms with Gasteiger partial charge in [0.1, 0.15) is 5.75 Å². The molecule has 5 nitrogen and oxygen atoms in total. The van der Waals surface area contributed by atoms with Crippen LogP contribution in [0.3, 0.4) is 0 Å². The second kappa shape index (κ2) is 9.13. The quantitative estimate of drug-likeness (QED) is 0.572. The molecule has 0 aliphatic carbocycles. The SMILES string of the molecule is COc1ccc(CCl)cc1.NC(CO)(CO)CO. The molecule has 0 amide bonds. The molecule has 1 aromatic carbocycles. The van der Waals surface area contributed by atoms with Gasteiger partial charge in [-0.05, 0) is 17.7 Å². The number of hydrogen-bond acceptors (Lipinski definition) is 5. The van der Waals surface area contributed by atoms with Gasteiger partial charge in [0.2, 0.25) is 0 Å². The van der Waals surface area contributed by atoms with E-state index in [4.69, 9.17) is 37.4 Å². The summed E-state index contributed by atoms with van der Waals surface area (Å²) in [5.41, 5.74) is 5.05. The second-order valence-corrected chi connectivity index (χ2v) is 4.09. The number of benzene rings is 1. The van der Waals surface area contributed by atoms with Crippen LogP contribution in [0.1, 0.15) is 5.56 Å². The van der Waals surface area contributed by atoms with Crippen molar-refractivity contribution in [1.82, 2.24) is 0 Å². The van der Waals surface area contributed by atoms with Gasteiger partial charge in [0, 0.05) is 5.88 Å². The first-order valence-electron chi connectivity index (χ1n) is 5.35. The van der Waals surface area contributed by atoms with Gasteiger partial charge in [-0.1, -0.05) is 12.1 Å². The van der Waals surface area contributed by atoms with Gasteiger partial charge in [-0.3, -0.25) is 0 Å². The average Bonchev–Trinajstić information content (AvgIpc) is 2.47. The van der Waals surface area contributed by atoms with E-state index >= 15 is 0 Å². The number of halogens is 1. The smallest absolute Gasteiger partial charge is 0.118 e. The van der Waals surface area contributed by atoms with Crippen LogP contribution in [0.15, 0.2) is 24.3 Å². The van der Waals surface area contributed by atoms with Gasteiger partial charge in [-0.15, -0.1) is 11.6 Å². The molecule has 0 unspecified atom stereocenters. The predicted octanol–water partition coefficient (Wildman–Crippen LogP) is 0.0948. The number of ether oxygens (including phenoxy) is 1. The maximum Gasteiger partial charge on any atom is 0.118 e. The van der Waals surface area contributed by atoms with Crippen molar-refractivity contribution in [2.24, 2.45) is 5.73 Å². The molecule has 0 aliphatic rings. The lowest BCUT2D eigenvalue weighted by molar-refractivity contribution is 0.0698. The minimum absolute atomic E-state index is 0.403. The Morgan fingerprint density at radius 1 is 1.11 bits per heavy atom.